The van der Waals surface area contributed by atoms with E-state index in [9.17, 15) is 0 Å². The van der Waals surface area contributed by atoms with Crippen molar-refractivity contribution in [2.24, 2.45) is 15.8 Å². The quantitative estimate of drug-likeness (QED) is 0.516. The number of aliphatic imine (C=N–C) groups is 1. The molecule has 3 N–H and O–H groups in total. The number of hydrazone groups is 1. The third kappa shape index (κ3) is 4.40. The predicted octanol–water partition coefficient (Wildman–Crippen LogP) is 2.78. The van der Waals surface area contributed by atoms with Crippen LogP contribution in [0.2, 0.25) is 5.02 Å². The molecule has 0 atom stereocenters. The highest BCUT2D eigenvalue weighted by Crippen LogP contribution is 2.15. The second-order valence-electron chi connectivity index (χ2n) is 4.07. The fourth-order valence-electron chi connectivity index (χ4n) is 1.54. The van der Waals surface area contributed by atoms with Gasteiger partial charge in [-0.25, -0.2) is 10.4 Å². The van der Waals surface area contributed by atoms with Crippen LogP contribution in [0.5, 0.6) is 0 Å². The Balaban J connectivity index is 1.89. The maximum atomic E-state index is 6.03. The zero-order chi connectivity index (χ0) is 14.2. The van der Waals surface area contributed by atoms with Crippen molar-refractivity contribution in [2.75, 3.05) is 0 Å². The largest absolute Gasteiger partial charge is 0.369 e. The summed E-state index contributed by atoms with van der Waals surface area (Å²) in [7, 11) is 0. The molecule has 2 rings (SSSR count). The number of rotatable bonds is 4. The number of benzene rings is 2. The molecular weight excluding hydrogens is 272 g/mol. The van der Waals surface area contributed by atoms with Crippen LogP contribution in [-0.2, 0) is 6.54 Å². The van der Waals surface area contributed by atoms with Crippen LogP contribution >= 0.6 is 11.6 Å². The summed E-state index contributed by atoms with van der Waals surface area (Å²) in [5, 5.41) is 4.69. The predicted molar refractivity (Wildman–Crippen MR) is 84.0 cm³/mol. The first kappa shape index (κ1) is 14.1. The SMILES string of the molecule is NC(=NCc1ccccc1Cl)N/N=C\c1ccccc1. The Labute approximate surface area is 123 Å². The van der Waals surface area contributed by atoms with Crippen LogP contribution < -0.4 is 11.2 Å². The van der Waals surface area contributed by atoms with Crippen molar-refractivity contribution < 1.29 is 0 Å². The van der Waals surface area contributed by atoms with E-state index in [1.54, 1.807) is 6.21 Å². The molecule has 0 saturated heterocycles. The average molecular weight is 287 g/mol. The molecule has 4 nitrogen and oxygen atoms in total. The molecule has 0 bridgehead atoms. The van der Waals surface area contributed by atoms with E-state index in [1.165, 1.54) is 0 Å². The van der Waals surface area contributed by atoms with Crippen molar-refractivity contribution in [3.05, 3.63) is 70.7 Å². The molecule has 0 aliphatic rings. The second kappa shape index (κ2) is 7.31. The molecule has 20 heavy (non-hydrogen) atoms. The Morgan fingerprint density at radius 1 is 1.10 bits per heavy atom. The fraction of sp³-hybridized carbons (Fsp3) is 0.0667. The lowest BCUT2D eigenvalue weighted by molar-refractivity contribution is 0.963. The molecule has 2 aromatic rings. The molecule has 0 radical (unpaired) electrons. The van der Waals surface area contributed by atoms with Gasteiger partial charge >= 0.3 is 0 Å². The molecule has 5 heteroatoms. The summed E-state index contributed by atoms with van der Waals surface area (Å²) in [6.07, 6.45) is 1.68. The van der Waals surface area contributed by atoms with Gasteiger partial charge in [0.05, 0.1) is 12.8 Å². The smallest absolute Gasteiger partial charge is 0.209 e. The van der Waals surface area contributed by atoms with Gasteiger partial charge in [0, 0.05) is 5.02 Å². The van der Waals surface area contributed by atoms with E-state index in [0.29, 0.717) is 11.6 Å². The average Bonchev–Trinajstić information content (AvgIpc) is 2.47. The van der Waals surface area contributed by atoms with Crippen LogP contribution in [0.4, 0.5) is 0 Å². The van der Waals surface area contributed by atoms with Crippen LogP contribution in [0, 0.1) is 0 Å². The topological polar surface area (TPSA) is 62.8 Å². The van der Waals surface area contributed by atoms with Gasteiger partial charge in [-0.15, -0.1) is 0 Å². The van der Waals surface area contributed by atoms with Gasteiger partial charge < -0.3 is 5.73 Å². The normalized spacial score (nSPS) is 11.8. The number of nitrogens with two attached hydrogens (primary N) is 1. The van der Waals surface area contributed by atoms with Gasteiger partial charge in [0.15, 0.2) is 0 Å². The molecular formula is C15H15ClN4. The lowest BCUT2D eigenvalue weighted by Crippen LogP contribution is -2.27. The molecule has 0 aliphatic carbocycles. The summed E-state index contributed by atoms with van der Waals surface area (Å²) in [4.78, 5) is 4.17. The molecule has 0 heterocycles. The highest BCUT2D eigenvalue weighted by atomic mass is 35.5. The van der Waals surface area contributed by atoms with Crippen molar-refractivity contribution in [2.45, 2.75) is 6.54 Å². The number of hydrogen-bond acceptors (Lipinski definition) is 2. The van der Waals surface area contributed by atoms with Gasteiger partial charge in [0.25, 0.3) is 0 Å². The first-order valence-electron chi connectivity index (χ1n) is 6.13. The number of halogens is 1. The lowest BCUT2D eigenvalue weighted by Gasteiger charge is -2.02. The molecule has 0 spiro atoms. The number of nitrogens with one attached hydrogen (secondary N) is 1. The number of nitrogens with zero attached hydrogens (tertiary/aromatic N) is 2. The van der Waals surface area contributed by atoms with Crippen molar-refractivity contribution >= 4 is 23.8 Å². The van der Waals surface area contributed by atoms with Crippen LogP contribution in [0.3, 0.4) is 0 Å². The first-order chi connectivity index (χ1) is 9.75. The minimum Gasteiger partial charge on any atom is -0.369 e. The zero-order valence-electron chi connectivity index (χ0n) is 10.8. The second-order valence-corrected chi connectivity index (χ2v) is 4.48. The zero-order valence-corrected chi connectivity index (χ0v) is 11.6. The third-order valence-electron chi connectivity index (χ3n) is 2.57. The monoisotopic (exact) mass is 286 g/mol. The van der Waals surface area contributed by atoms with Gasteiger partial charge in [-0.2, -0.15) is 5.10 Å². The van der Waals surface area contributed by atoms with E-state index in [4.69, 9.17) is 17.3 Å². The summed E-state index contributed by atoms with van der Waals surface area (Å²) in [6, 6.07) is 17.2. The first-order valence-corrected chi connectivity index (χ1v) is 6.51. The van der Waals surface area contributed by atoms with Crippen LogP contribution in [0.1, 0.15) is 11.1 Å². The minimum absolute atomic E-state index is 0.247. The number of hydrogen-bond donors (Lipinski definition) is 2. The summed E-state index contributed by atoms with van der Waals surface area (Å²) in [6.45, 7) is 0.416. The Hall–Kier alpha value is -2.33. The van der Waals surface area contributed by atoms with Gasteiger partial charge in [-0.3, -0.25) is 0 Å². The molecule has 0 saturated carbocycles. The molecule has 0 aliphatic heterocycles. The maximum absolute atomic E-state index is 6.03. The Bertz CT molecular complexity index is 608. The Morgan fingerprint density at radius 3 is 2.55 bits per heavy atom. The van der Waals surface area contributed by atoms with Crippen molar-refractivity contribution in [1.82, 2.24) is 5.43 Å². The number of guanidine groups is 1. The fourth-order valence-corrected chi connectivity index (χ4v) is 1.74. The van der Waals surface area contributed by atoms with Gasteiger partial charge in [-0.05, 0) is 17.2 Å². The molecule has 0 aromatic heterocycles. The van der Waals surface area contributed by atoms with Gasteiger partial charge in [0.1, 0.15) is 0 Å². The van der Waals surface area contributed by atoms with E-state index in [2.05, 4.69) is 15.5 Å². The molecule has 0 amide bonds. The van der Waals surface area contributed by atoms with Crippen LogP contribution in [0.15, 0.2) is 64.7 Å². The van der Waals surface area contributed by atoms with Crippen molar-refractivity contribution in [3.8, 4) is 0 Å². The Morgan fingerprint density at radius 2 is 1.80 bits per heavy atom. The molecule has 0 fully saturated rings. The van der Waals surface area contributed by atoms with E-state index in [1.807, 2.05) is 54.6 Å². The van der Waals surface area contributed by atoms with Crippen molar-refractivity contribution in [1.29, 1.82) is 0 Å². The maximum Gasteiger partial charge on any atom is 0.209 e. The lowest BCUT2D eigenvalue weighted by atomic mass is 10.2. The van der Waals surface area contributed by atoms with Crippen LogP contribution in [-0.4, -0.2) is 12.2 Å². The summed E-state index contributed by atoms with van der Waals surface area (Å²) in [5.74, 6) is 0.247. The standard InChI is InChI=1S/C15H15ClN4/c16-14-9-5-4-8-13(14)11-18-15(17)20-19-10-12-6-2-1-3-7-12/h1-10H,11H2,(H3,17,18,20)/b19-10-. The molecule has 2 aromatic carbocycles. The van der Waals surface area contributed by atoms with E-state index >= 15 is 0 Å². The summed E-state index contributed by atoms with van der Waals surface area (Å²) in [5.41, 5.74) is 10.3. The summed E-state index contributed by atoms with van der Waals surface area (Å²) < 4.78 is 0. The van der Waals surface area contributed by atoms with Crippen LogP contribution in [0.25, 0.3) is 0 Å². The van der Waals surface area contributed by atoms with Gasteiger partial charge in [-0.1, -0.05) is 60.1 Å². The highest BCUT2D eigenvalue weighted by molar-refractivity contribution is 6.31. The third-order valence-corrected chi connectivity index (χ3v) is 2.94. The van der Waals surface area contributed by atoms with E-state index in [0.717, 1.165) is 11.1 Å². The minimum atomic E-state index is 0.247. The molecule has 0 unspecified atom stereocenters. The highest BCUT2D eigenvalue weighted by Gasteiger charge is 1.97. The van der Waals surface area contributed by atoms with Gasteiger partial charge in [0.2, 0.25) is 5.96 Å². The molecule has 102 valence electrons. The Kier molecular flexibility index (Phi) is 5.15. The van der Waals surface area contributed by atoms with E-state index < -0.39 is 0 Å². The van der Waals surface area contributed by atoms with E-state index in [-0.39, 0.29) is 5.96 Å². The van der Waals surface area contributed by atoms with Crippen molar-refractivity contribution in [3.63, 3.8) is 0 Å². The summed E-state index contributed by atoms with van der Waals surface area (Å²) >= 11 is 6.03.